The van der Waals surface area contributed by atoms with Crippen LogP contribution in [-0.2, 0) is 6.42 Å². The highest BCUT2D eigenvalue weighted by molar-refractivity contribution is 7.42. The lowest BCUT2D eigenvalue weighted by atomic mass is 10.0. The van der Waals surface area contributed by atoms with Crippen LogP contribution >= 0.6 is 8.58 Å². The number of aromatic hydroxyl groups is 1. The van der Waals surface area contributed by atoms with Crippen molar-refractivity contribution in [3.8, 4) is 5.75 Å². The van der Waals surface area contributed by atoms with Gasteiger partial charge < -0.3 is 20.2 Å². The quantitative estimate of drug-likeness (QED) is 0.487. The summed E-state index contributed by atoms with van der Waals surface area (Å²) in [5.74, 6) is 2.17. The molecular weight excluding hydrogens is 451 g/mol. The molecular formula is C29H37N4OP. The number of hydrogen-bond donors (Lipinski definition) is 2. The molecule has 184 valence electrons. The molecule has 2 aliphatic heterocycles. The fourth-order valence-electron chi connectivity index (χ4n) is 4.73. The predicted octanol–water partition coefficient (Wildman–Crippen LogP) is 5.43. The summed E-state index contributed by atoms with van der Waals surface area (Å²) in [6.07, 6.45) is 8.44. The summed E-state index contributed by atoms with van der Waals surface area (Å²) < 4.78 is 0. The van der Waals surface area contributed by atoms with Crippen molar-refractivity contribution in [1.82, 2.24) is 15.1 Å². The van der Waals surface area contributed by atoms with E-state index >= 15 is 0 Å². The van der Waals surface area contributed by atoms with Crippen molar-refractivity contribution in [1.29, 1.82) is 0 Å². The fraction of sp³-hybridized carbons (Fsp3) is 0.345. The molecule has 2 aromatic rings. The van der Waals surface area contributed by atoms with Gasteiger partial charge in [-0.05, 0) is 56.6 Å². The van der Waals surface area contributed by atoms with Crippen LogP contribution in [0.1, 0.15) is 30.4 Å². The van der Waals surface area contributed by atoms with Crippen molar-refractivity contribution >= 4 is 20.1 Å². The van der Waals surface area contributed by atoms with Crippen LogP contribution in [0.15, 0.2) is 89.5 Å². The van der Waals surface area contributed by atoms with Crippen LogP contribution in [0.25, 0.3) is 5.70 Å². The Labute approximate surface area is 211 Å². The molecule has 2 aromatic carbocycles. The maximum absolute atomic E-state index is 10.5. The van der Waals surface area contributed by atoms with Gasteiger partial charge in [0.05, 0.1) is 11.7 Å². The standard InChI is InChI=1S/C29H37N4OP/c1-4-27(35-3)29-31-25(24-14-8-9-15-26(24)34)21-28(32(29)2)30-23-16-19-33(20-17-23)18-10-13-22-11-6-5-7-12-22/h4-9,11-12,14-15,21,23,31,34-35H,1,10,13,16-20H2,2-3H3/b29-27+,30-28?. The van der Waals surface area contributed by atoms with Crippen LogP contribution in [-0.4, -0.2) is 60.1 Å². The summed E-state index contributed by atoms with van der Waals surface area (Å²) in [6, 6.07) is 18.5. The number of aliphatic imine (C=N–C) groups is 1. The highest BCUT2D eigenvalue weighted by Gasteiger charge is 2.25. The summed E-state index contributed by atoms with van der Waals surface area (Å²) >= 11 is 0. The van der Waals surface area contributed by atoms with Gasteiger partial charge in [0.1, 0.15) is 17.4 Å². The third kappa shape index (κ3) is 6.42. The predicted molar refractivity (Wildman–Crippen MR) is 150 cm³/mol. The number of hydrogen-bond acceptors (Lipinski definition) is 4. The van der Waals surface area contributed by atoms with Gasteiger partial charge in [-0.3, -0.25) is 4.99 Å². The Balaban J connectivity index is 1.46. The van der Waals surface area contributed by atoms with Gasteiger partial charge >= 0.3 is 0 Å². The van der Waals surface area contributed by atoms with Gasteiger partial charge in [0.25, 0.3) is 0 Å². The topological polar surface area (TPSA) is 51.1 Å². The monoisotopic (exact) mass is 488 g/mol. The zero-order valence-electron chi connectivity index (χ0n) is 20.9. The number of likely N-dealkylation sites (N-methyl/N-ethyl adjacent to an activating group) is 1. The van der Waals surface area contributed by atoms with E-state index in [1.54, 1.807) is 6.07 Å². The van der Waals surface area contributed by atoms with Crippen LogP contribution in [0, 0.1) is 0 Å². The number of nitrogens with zero attached hydrogens (tertiary/aromatic N) is 3. The molecule has 0 aromatic heterocycles. The Morgan fingerprint density at radius 2 is 1.86 bits per heavy atom. The molecule has 0 saturated carbocycles. The Morgan fingerprint density at radius 1 is 1.14 bits per heavy atom. The number of nitrogens with one attached hydrogen (secondary N) is 1. The third-order valence-electron chi connectivity index (χ3n) is 6.78. The second-order valence-electron chi connectivity index (χ2n) is 9.12. The summed E-state index contributed by atoms with van der Waals surface area (Å²) in [6.45, 7) is 9.49. The molecule has 6 heteroatoms. The van der Waals surface area contributed by atoms with Gasteiger partial charge in [0, 0.05) is 37.1 Å². The van der Waals surface area contributed by atoms with Crippen molar-refractivity contribution in [3.63, 3.8) is 0 Å². The Kier molecular flexibility index (Phi) is 8.79. The molecule has 35 heavy (non-hydrogen) atoms. The Bertz CT molecular complexity index is 1100. The van der Waals surface area contributed by atoms with E-state index in [9.17, 15) is 5.11 Å². The molecule has 5 nitrogen and oxygen atoms in total. The number of amidine groups is 1. The Morgan fingerprint density at radius 3 is 2.54 bits per heavy atom. The van der Waals surface area contributed by atoms with Gasteiger partial charge in [-0.25, -0.2) is 0 Å². The smallest absolute Gasteiger partial charge is 0.131 e. The maximum atomic E-state index is 10.5. The Hall–Kier alpha value is -2.88. The van der Waals surface area contributed by atoms with E-state index in [4.69, 9.17) is 4.99 Å². The van der Waals surface area contributed by atoms with E-state index in [1.807, 2.05) is 24.3 Å². The van der Waals surface area contributed by atoms with Gasteiger partial charge in [-0.1, -0.05) is 63.7 Å². The molecule has 0 amide bonds. The second kappa shape index (κ2) is 12.2. The van der Waals surface area contributed by atoms with Crippen LogP contribution in [0.5, 0.6) is 5.75 Å². The first-order valence-electron chi connectivity index (χ1n) is 12.5. The zero-order valence-corrected chi connectivity index (χ0v) is 21.9. The lowest BCUT2D eigenvalue weighted by Gasteiger charge is -2.34. The number of likely N-dealkylation sites (tertiary alicyclic amines) is 1. The molecule has 1 unspecified atom stereocenters. The lowest BCUT2D eigenvalue weighted by Crippen LogP contribution is -2.40. The average molecular weight is 489 g/mol. The molecule has 0 bridgehead atoms. The van der Waals surface area contributed by atoms with E-state index in [0.717, 1.165) is 67.1 Å². The third-order valence-corrected chi connectivity index (χ3v) is 7.76. The number of phenolic OH excluding ortho intramolecular Hbond substituents is 1. The van der Waals surface area contributed by atoms with Crippen LogP contribution < -0.4 is 5.32 Å². The van der Waals surface area contributed by atoms with Crippen LogP contribution in [0.4, 0.5) is 0 Å². The summed E-state index contributed by atoms with van der Waals surface area (Å²) in [5, 5.41) is 15.1. The minimum absolute atomic E-state index is 0.261. The number of benzene rings is 2. The van der Waals surface area contributed by atoms with Gasteiger partial charge in [-0.2, -0.15) is 0 Å². The first-order chi connectivity index (χ1) is 17.1. The highest BCUT2D eigenvalue weighted by atomic mass is 31.1. The van der Waals surface area contributed by atoms with Crippen LogP contribution in [0.3, 0.4) is 0 Å². The van der Waals surface area contributed by atoms with E-state index in [0.29, 0.717) is 14.6 Å². The summed E-state index contributed by atoms with van der Waals surface area (Å²) in [7, 11) is 2.66. The molecule has 0 radical (unpaired) electrons. The molecule has 0 spiro atoms. The van der Waals surface area contributed by atoms with Crippen molar-refractivity contribution in [2.45, 2.75) is 31.7 Å². The molecule has 0 aliphatic carbocycles. The molecule has 1 saturated heterocycles. The zero-order chi connectivity index (χ0) is 24.6. The van der Waals surface area contributed by atoms with Crippen molar-refractivity contribution < 1.29 is 5.11 Å². The second-order valence-corrected chi connectivity index (χ2v) is 10.2. The van der Waals surface area contributed by atoms with Gasteiger partial charge in [-0.15, -0.1) is 0 Å². The number of piperidine rings is 1. The van der Waals surface area contributed by atoms with E-state index < -0.39 is 0 Å². The summed E-state index contributed by atoms with van der Waals surface area (Å²) in [4.78, 5) is 9.90. The lowest BCUT2D eigenvalue weighted by molar-refractivity contribution is 0.211. The molecule has 2 heterocycles. The number of para-hydroxylation sites is 1. The number of phenols is 1. The van der Waals surface area contributed by atoms with E-state index in [1.165, 1.54) is 12.0 Å². The fourth-order valence-corrected chi connectivity index (χ4v) is 5.41. The van der Waals surface area contributed by atoms with E-state index in [2.05, 4.69) is 71.8 Å². The van der Waals surface area contributed by atoms with Gasteiger partial charge in [0.15, 0.2) is 0 Å². The number of allylic oxidation sites excluding steroid dienone is 2. The molecule has 2 aliphatic rings. The van der Waals surface area contributed by atoms with E-state index in [-0.39, 0.29) is 5.75 Å². The molecule has 4 rings (SSSR count). The first-order valence-corrected chi connectivity index (χ1v) is 14.0. The first kappa shape index (κ1) is 25.2. The normalized spacial score (nSPS) is 20.2. The average Bonchev–Trinajstić information content (AvgIpc) is 2.89. The maximum Gasteiger partial charge on any atom is 0.131 e. The minimum Gasteiger partial charge on any atom is -0.507 e. The number of aryl methyl sites for hydroxylation is 1. The highest BCUT2D eigenvalue weighted by Crippen LogP contribution is 2.32. The van der Waals surface area contributed by atoms with Gasteiger partial charge in [0.2, 0.25) is 0 Å². The largest absolute Gasteiger partial charge is 0.507 e. The summed E-state index contributed by atoms with van der Waals surface area (Å²) in [5.41, 5.74) is 3.07. The van der Waals surface area contributed by atoms with Crippen molar-refractivity contribution in [2.24, 2.45) is 4.99 Å². The van der Waals surface area contributed by atoms with Crippen molar-refractivity contribution in [2.75, 3.05) is 33.3 Å². The number of rotatable bonds is 8. The van der Waals surface area contributed by atoms with Crippen LogP contribution in [0.2, 0.25) is 0 Å². The minimum atomic E-state index is 0.261. The van der Waals surface area contributed by atoms with Crippen molar-refractivity contribution in [3.05, 3.63) is 95.6 Å². The SMILES string of the molecule is C=C/C(PC)=C1/NC(c2ccccc2O)=CC(=NC2CCN(CCCc3ccccc3)CC2)N1C. The molecule has 1 atom stereocenters. The molecule has 1 fully saturated rings. The molecule has 2 N–H and O–H groups in total.